The number of hydrogen-bond donors (Lipinski definition) is 0. The van der Waals surface area contributed by atoms with Crippen LogP contribution in [0.2, 0.25) is 0 Å². The molecule has 1 heterocycles. The normalized spacial score (nSPS) is 9.75. The number of halogens is 1. The van der Waals surface area contributed by atoms with Gasteiger partial charge < -0.3 is 0 Å². The number of rotatable bonds is 1. The van der Waals surface area contributed by atoms with Crippen LogP contribution in [-0.4, -0.2) is 4.37 Å². The van der Waals surface area contributed by atoms with Gasteiger partial charge in [-0.1, -0.05) is 15.9 Å². The van der Waals surface area contributed by atoms with Crippen LogP contribution in [0.1, 0.15) is 10.6 Å². The Morgan fingerprint density at radius 1 is 1.88 bits per heavy atom. The summed E-state index contributed by atoms with van der Waals surface area (Å²) in [5.41, 5.74) is 1.13. The SMILES string of the molecule is Cc1cc(CBr)ns1. The molecule has 0 radical (unpaired) electrons. The van der Waals surface area contributed by atoms with Crippen LogP contribution < -0.4 is 0 Å². The number of hydrogen-bond acceptors (Lipinski definition) is 2. The molecule has 0 amide bonds. The summed E-state index contributed by atoms with van der Waals surface area (Å²) >= 11 is 4.86. The van der Waals surface area contributed by atoms with Crippen molar-refractivity contribution in [3.63, 3.8) is 0 Å². The monoisotopic (exact) mass is 191 g/mol. The largest absolute Gasteiger partial charge is 0.197 e. The van der Waals surface area contributed by atoms with Crippen molar-refractivity contribution in [1.29, 1.82) is 0 Å². The van der Waals surface area contributed by atoms with E-state index in [-0.39, 0.29) is 0 Å². The second-order valence-electron chi connectivity index (χ2n) is 1.56. The molecule has 0 aliphatic carbocycles. The van der Waals surface area contributed by atoms with Crippen LogP contribution in [0.3, 0.4) is 0 Å². The van der Waals surface area contributed by atoms with Crippen molar-refractivity contribution in [2.24, 2.45) is 0 Å². The highest BCUT2D eigenvalue weighted by Gasteiger charge is 1.92. The Hall–Kier alpha value is 0.110. The molecule has 44 valence electrons. The van der Waals surface area contributed by atoms with Crippen molar-refractivity contribution >= 4 is 27.5 Å². The molecular formula is C5H6BrNS. The first kappa shape index (κ1) is 6.23. The smallest absolute Gasteiger partial charge is 0.0650 e. The number of aryl methyl sites for hydroxylation is 1. The number of aromatic nitrogens is 1. The van der Waals surface area contributed by atoms with E-state index >= 15 is 0 Å². The third kappa shape index (κ3) is 1.29. The van der Waals surface area contributed by atoms with E-state index in [2.05, 4.69) is 33.3 Å². The van der Waals surface area contributed by atoms with Gasteiger partial charge in [0.1, 0.15) is 0 Å². The first-order chi connectivity index (χ1) is 3.83. The summed E-state index contributed by atoms with van der Waals surface area (Å²) in [5.74, 6) is 0. The van der Waals surface area contributed by atoms with E-state index in [1.165, 1.54) is 4.88 Å². The molecule has 1 aromatic heterocycles. The fraction of sp³-hybridized carbons (Fsp3) is 0.400. The summed E-state index contributed by atoms with van der Waals surface area (Å²) in [4.78, 5) is 1.28. The highest BCUT2D eigenvalue weighted by Crippen LogP contribution is 2.09. The lowest BCUT2D eigenvalue weighted by molar-refractivity contribution is 1.31. The van der Waals surface area contributed by atoms with E-state index in [9.17, 15) is 0 Å². The fourth-order valence-corrected chi connectivity index (χ4v) is 1.50. The summed E-state index contributed by atoms with van der Waals surface area (Å²) in [7, 11) is 0. The molecule has 0 unspecified atom stereocenters. The van der Waals surface area contributed by atoms with Crippen LogP contribution >= 0.6 is 27.5 Å². The maximum absolute atomic E-state index is 4.13. The Kier molecular flexibility index (Phi) is 2.02. The van der Waals surface area contributed by atoms with E-state index in [1.54, 1.807) is 11.5 Å². The average Bonchev–Trinajstić information content (AvgIpc) is 2.14. The lowest BCUT2D eigenvalue weighted by Crippen LogP contribution is -1.69. The van der Waals surface area contributed by atoms with E-state index < -0.39 is 0 Å². The molecule has 1 rings (SSSR count). The maximum Gasteiger partial charge on any atom is 0.0650 e. The van der Waals surface area contributed by atoms with Crippen LogP contribution in [0, 0.1) is 6.92 Å². The standard InChI is InChI=1S/C5H6BrNS/c1-4-2-5(3-6)7-8-4/h2H,3H2,1H3. The Morgan fingerprint density at radius 3 is 2.88 bits per heavy atom. The van der Waals surface area contributed by atoms with Gasteiger partial charge >= 0.3 is 0 Å². The van der Waals surface area contributed by atoms with Crippen LogP contribution in [0.25, 0.3) is 0 Å². The predicted molar refractivity (Wildman–Crippen MR) is 39.5 cm³/mol. The minimum absolute atomic E-state index is 0.872. The minimum atomic E-state index is 0.872. The molecule has 0 fully saturated rings. The molecule has 0 bridgehead atoms. The van der Waals surface area contributed by atoms with Crippen molar-refractivity contribution in [2.75, 3.05) is 0 Å². The molecule has 0 aliphatic heterocycles. The van der Waals surface area contributed by atoms with Gasteiger partial charge in [-0.25, -0.2) is 0 Å². The van der Waals surface area contributed by atoms with Gasteiger partial charge in [-0.2, -0.15) is 4.37 Å². The summed E-state index contributed by atoms with van der Waals surface area (Å²) < 4.78 is 4.13. The van der Waals surface area contributed by atoms with Crippen molar-refractivity contribution in [2.45, 2.75) is 12.3 Å². The van der Waals surface area contributed by atoms with Gasteiger partial charge in [0.2, 0.25) is 0 Å². The van der Waals surface area contributed by atoms with Crippen molar-refractivity contribution in [1.82, 2.24) is 4.37 Å². The highest BCUT2D eigenvalue weighted by atomic mass is 79.9. The van der Waals surface area contributed by atoms with E-state index in [4.69, 9.17) is 0 Å². The van der Waals surface area contributed by atoms with Crippen molar-refractivity contribution in [3.8, 4) is 0 Å². The molecule has 8 heavy (non-hydrogen) atoms. The molecule has 0 N–H and O–H groups in total. The third-order valence-electron chi connectivity index (χ3n) is 0.814. The van der Waals surface area contributed by atoms with Crippen LogP contribution in [0.5, 0.6) is 0 Å². The molecule has 1 nitrogen and oxygen atoms in total. The quantitative estimate of drug-likeness (QED) is 0.622. The lowest BCUT2D eigenvalue weighted by Gasteiger charge is -1.76. The van der Waals surface area contributed by atoms with Crippen molar-refractivity contribution in [3.05, 3.63) is 16.6 Å². The first-order valence-electron chi connectivity index (χ1n) is 2.31. The Morgan fingerprint density at radius 2 is 2.62 bits per heavy atom. The van der Waals surface area contributed by atoms with Gasteiger partial charge in [-0.15, -0.1) is 0 Å². The summed E-state index contributed by atoms with van der Waals surface area (Å²) in [6.07, 6.45) is 0. The number of alkyl halides is 1. The van der Waals surface area contributed by atoms with Crippen molar-refractivity contribution < 1.29 is 0 Å². The van der Waals surface area contributed by atoms with Gasteiger partial charge in [-0.05, 0) is 24.5 Å². The Labute approximate surface area is 61.0 Å². The Balaban J connectivity index is 2.84. The second kappa shape index (κ2) is 2.60. The predicted octanol–water partition coefficient (Wildman–Crippen LogP) is 2.35. The van der Waals surface area contributed by atoms with Crippen LogP contribution in [0.4, 0.5) is 0 Å². The molecule has 1 aromatic rings. The molecule has 0 saturated carbocycles. The van der Waals surface area contributed by atoms with E-state index in [0.717, 1.165) is 11.0 Å². The van der Waals surface area contributed by atoms with E-state index in [0.29, 0.717) is 0 Å². The van der Waals surface area contributed by atoms with Gasteiger partial charge in [0.05, 0.1) is 5.69 Å². The van der Waals surface area contributed by atoms with Gasteiger partial charge in [0.25, 0.3) is 0 Å². The fourth-order valence-electron chi connectivity index (χ4n) is 0.481. The second-order valence-corrected chi connectivity index (χ2v) is 3.13. The molecule has 0 aromatic carbocycles. The highest BCUT2D eigenvalue weighted by molar-refractivity contribution is 9.08. The van der Waals surface area contributed by atoms with Gasteiger partial charge in [-0.3, -0.25) is 0 Å². The van der Waals surface area contributed by atoms with Crippen LogP contribution in [0.15, 0.2) is 6.07 Å². The molecule has 0 atom stereocenters. The lowest BCUT2D eigenvalue weighted by atomic mass is 10.4. The van der Waals surface area contributed by atoms with Crippen LogP contribution in [-0.2, 0) is 5.33 Å². The zero-order chi connectivity index (χ0) is 5.98. The topological polar surface area (TPSA) is 12.9 Å². The molecule has 0 spiro atoms. The zero-order valence-electron chi connectivity index (χ0n) is 4.52. The zero-order valence-corrected chi connectivity index (χ0v) is 6.92. The van der Waals surface area contributed by atoms with E-state index in [1.807, 2.05) is 0 Å². The average molecular weight is 192 g/mol. The van der Waals surface area contributed by atoms with Gasteiger partial charge in [0, 0.05) is 10.2 Å². The summed E-state index contributed by atoms with van der Waals surface area (Å²) in [5, 5.41) is 0.872. The molecule has 3 heteroatoms. The molecule has 0 aliphatic rings. The third-order valence-corrected chi connectivity index (χ3v) is 2.12. The maximum atomic E-state index is 4.13. The molecule has 0 saturated heterocycles. The first-order valence-corrected chi connectivity index (χ1v) is 4.20. The molecular weight excluding hydrogens is 186 g/mol. The summed E-state index contributed by atoms with van der Waals surface area (Å²) in [6.45, 7) is 2.06. The Bertz CT molecular complexity index is 173. The van der Waals surface area contributed by atoms with Gasteiger partial charge in [0.15, 0.2) is 0 Å². The minimum Gasteiger partial charge on any atom is -0.197 e. The summed E-state index contributed by atoms with van der Waals surface area (Å²) in [6, 6.07) is 2.08. The number of nitrogens with zero attached hydrogens (tertiary/aromatic N) is 1.